The highest BCUT2D eigenvalue weighted by Gasteiger charge is 2.36. The number of hydrogen-bond donors (Lipinski definition) is 2. The van der Waals surface area contributed by atoms with E-state index in [4.69, 9.17) is 5.73 Å². The Bertz CT molecular complexity index is 719. The van der Waals surface area contributed by atoms with Crippen LogP contribution in [0.1, 0.15) is 16.7 Å². The van der Waals surface area contributed by atoms with Crippen molar-refractivity contribution in [2.24, 2.45) is 5.10 Å². The number of alkyl halides is 6. The van der Waals surface area contributed by atoms with Crippen LogP contribution in [0.3, 0.4) is 0 Å². The van der Waals surface area contributed by atoms with Crippen molar-refractivity contribution in [3.8, 4) is 0 Å². The number of nitrogen functional groups attached to an aromatic ring is 1. The lowest BCUT2D eigenvalue weighted by molar-refractivity contribution is -0.141. The Labute approximate surface area is 129 Å². The predicted molar refractivity (Wildman–Crippen MR) is 74.2 cm³/mol. The van der Waals surface area contributed by atoms with Crippen LogP contribution in [0.15, 0.2) is 28.7 Å². The maximum absolute atomic E-state index is 12.8. The summed E-state index contributed by atoms with van der Waals surface area (Å²) < 4.78 is 76.4. The van der Waals surface area contributed by atoms with E-state index >= 15 is 0 Å². The highest BCUT2D eigenvalue weighted by Crippen LogP contribution is 2.36. The van der Waals surface area contributed by atoms with Crippen molar-refractivity contribution in [1.82, 2.24) is 4.98 Å². The van der Waals surface area contributed by atoms with Crippen LogP contribution in [0.25, 0.3) is 0 Å². The zero-order valence-electron chi connectivity index (χ0n) is 11.0. The van der Waals surface area contributed by atoms with Gasteiger partial charge < -0.3 is 5.73 Å². The van der Waals surface area contributed by atoms with Gasteiger partial charge in [0.15, 0.2) is 0 Å². The monoisotopic (exact) mass is 354 g/mol. The van der Waals surface area contributed by atoms with E-state index < -0.39 is 29.0 Å². The molecule has 124 valence electrons. The van der Waals surface area contributed by atoms with Gasteiger partial charge in [0.05, 0.1) is 17.3 Å². The summed E-state index contributed by atoms with van der Waals surface area (Å²) in [5, 5.41) is 5.13. The van der Waals surface area contributed by atoms with E-state index in [0.717, 1.165) is 11.3 Å². The zero-order valence-corrected chi connectivity index (χ0v) is 11.9. The Kier molecular flexibility index (Phi) is 4.50. The van der Waals surface area contributed by atoms with Crippen LogP contribution in [0.2, 0.25) is 0 Å². The fourth-order valence-electron chi connectivity index (χ4n) is 1.60. The molecule has 0 aliphatic carbocycles. The molecule has 4 nitrogen and oxygen atoms in total. The smallest absolute Gasteiger partial charge is 0.383 e. The Morgan fingerprint density at radius 2 is 1.83 bits per heavy atom. The van der Waals surface area contributed by atoms with Crippen LogP contribution in [0, 0.1) is 0 Å². The van der Waals surface area contributed by atoms with Crippen molar-refractivity contribution >= 4 is 28.5 Å². The molecule has 0 fully saturated rings. The lowest BCUT2D eigenvalue weighted by atomic mass is 10.0. The van der Waals surface area contributed by atoms with Crippen molar-refractivity contribution < 1.29 is 26.3 Å². The number of nitrogens with two attached hydrogens (primary N) is 1. The van der Waals surface area contributed by atoms with Crippen molar-refractivity contribution in [3.63, 3.8) is 0 Å². The molecule has 3 N–H and O–H groups in total. The van der Waals surface area contributed by atoms with E-state index in [2.05, 4.69) is 15.5 Å². The van der Waals surface area contributed by atoms with E-state index in [1.807, 2.05) is 0 Å². The molecule has 1 aromatic heterocycles. The van der Waals surface area contributed by atoms with Crippen molar-refractivity contribution in [2.45, 2.75) is 12.4 Å². The number of rotatable bonds is 3. The zero-order chi connectivity index (χ0) is 17.3. The third kappa shape index (κ3) is 4.34. The molecule has 0 atom stereocenters. The van der Waals surface area contributed by atoms with Crippen molar-refractivity contribution in [1.29, 1.82) is 0 Å². The minimum absolute atomic E-state index is 0.183. The molecule has 0 spiro atoms. The molecule has 2 aromatic rings. The van der Waals surface area contributed by atoms with Crippen LogP contribution in [0.5, 0.6) is 0 Å². The minimum Gasteiger partial charge on any atom is -0.383 e. The van der Waals surface area contributed by atoms with E-state index in [1.54, 1.807) is 0 Å². The molecule has 0 radical (unpaired) electrons. The second kappa shape index (κ2) is 6.07. The number of benzene rings is 1. The third-order valence-electron chi connectivity index (χ3n) is 2.57. The van der Waals surface area contributed by atoms with Crippen molar-refractivity contribution in [2.75, 3.05) is 11.2 Å². The predicted octanol–water partition coefficient (Wildman–Crippen LogP) is 4.21. The lowest BCUT2D eigenvalue weighted by Gasteiger charge is -2.13. The van der Waals surface area contributed by atoms with Crippen LogP contribution in [-0.4, -0.2) is 11.2 Å². The Balaban J connectivity index is 2.33. The number of anilines is 2. The number of hydrazone groups is 1. The number of nitrogens with one attached hydrogen (secondary N) is 1. The molecular formula is C12H8F6N4S. The molecular weight excluding hydrogens is 346 g/mol. The van der Waals surface area contributed by atoms with E-state index in [9.17, 15) is 26.3 Å². The van der Waals surface area contributed by atoms with Gasteiger partial charge in [0.1, 0.15) is 5.82 Å². The van der Waals surface area contributed by atoms with Gasteiger partial charge in [0.25, 0.3) is 0 Å². The average molecular weight is 354 g/mol. The standard InChI is InChI=1S/C12H8F6N4S/c13-11(14,15)7-1-2-8(12(16,17)18)6(3-7)4-20-22-10-21-9(19)5-23-10/h1-5H,19H2,(H,21,22). The topological polar surface area (TPSA) is 63.3 Å². The number of halogens is 6. The first kappa shape index (κ1) is 17.1. The summed E-state index contributed by atoms with van der Waals surface area (Å²) >= 11 is 1.04. The van der Waals surface area contributed by atoms with E-state index in [-0.39, 0.29) is 10.9 Å². The molecule has 0 aliphatic heterocycles. The molecule has 0 saturated carbocycles. The van der Waals surface area contributed by atoms with Gasteiger partial charge in [-0.25, -0.2) is 4.98 Å². The first-order chi connectivity index (χ1) is 10.6. The number of aromatic nitrogens is 1. The second-order valence-electron chi connectivity index (χ2n) is 4.25. The largest absolute Gasteiger partial charge is 0.417 e. The summed E-state index contributed by atoms with van der Waals surface area (Å²) in [5.41, 5.74) is 4.49. The van der Waals surface area contributed by atoms with E-state index in [0.29, 0.717) is 24.4 Å². The van der Waals surface area contributed by atoms with Gasteiger partial charge >= 0.3 is 12.4 Å². The molecule has 0 aliphatic rings. The van der Waals surface area contributed by atoms with Gasteiger partial charge in [-0.1, -0.05) is 0 Å². The summed E-state index contributed by atoms with van der Waals surface area (Å²) in [5.74, 6) is 0.183. The van der Waals surface area contributed by atoms with Gasteiger partial charge in [-0.05, 0) is 18.2 Å². The van der Waals surface area contributed by atoms with Gasteiger partial charge in [-0.2, -0.15) is 31.4 Å². The molecule has 2 rings (SSSR count). The molecule has 11 heteroatoms. The highest BCUT2D eigenvalue weighted by molar-refractivity contribution is 7.14. The Morgan fingerprint density at radius 1 is 1.13 bits per heavy atom. The van der Waals surface area contributed by atoms with Crippen LogP contribution >= 0.6 is 11.3 Å². The number of hydrogen-bond acceptors (Lipinski definition) is 5. The summed E-state index contributed by atoms with van der Waals surface area (Å²) in [6, 6.07) is 1.12. The van der Waals surface area contributed by atoms with Gasteiger partial charge in [-0.15, -0.1) is 11.3 Å². The maximum atomic E-state index is 12.8. The molecule has 23 heavy (non-hydrogen) atoms. The summed E-state index contributed by atoms with van der Waals surface area (Å²) in [7, 11) is 0. The van der Waals surface area contributed by atoms with Crippen LogP contribution in [-0.2, 0) is 12.4 Å². The van der Waals surface area contributed by atoms with Crippen molar-refractivity contribution in [3.05, 3.63) is 40.3 Å². The maximum Gasteiger partial charge on any atom is 0.417 e. The minimum atomic E-state index is -4.81. The molecule has 0 bridgehead atoms. The van der Waals surface area contributed by atoms with E-state index in [1.165, 1.54) is 5.38 Å². The molecule has 1 aromatic carbocycles. The summed E-state index contributed by atoms with van der Waals surface area (Å²) in [6.07, 6.45) is -8.92. The first-order valence-electron chi connectivity index (χ1n) is 5.86. The highest BCUT2D eigenvalue weighted by atomic mass is 32.1. The number of thiazole rings is 1. The fourth-order valence-corrected chi connectivity index (χ4v) is 2.15. The lowest BCUT2D eigenvalue weighted by Crippen LogP contribution is -2.12. The normalized spacial score (nSPS) is 12.8. The summed E-state index contributed by atoms with van der Waals surface area (Å²) in [6.45, 7) is 0. The molecule has 1 heterocycles. The van der Waals surface area contributed by atoms with Crippen LogP contribution < -0.4 is 11.2 Å². The molecule has 0 amide bonds. The van der Waals surface area contributed by atoms with Gasteiger partial charge in [-0.3, -0.25) is 5.43 Å². The number of nitrogens with zero attached hydrogens (tertiary/aromatic N) is 2. The van der Waals surface area contributed by atoms with Crippen LogP contribution in [0.4, 0.5) is 37.3 Å². The second-order valence-corrected chi connectivity index (χ2v) is 5.10. The van der Waals surface area contributed by atoms with Gasteiger partial charge in [0, 0.05) is 10.9 Å². The third-order valence-corrected chi connectivity index (χ3v) is 3.34. The Hall–Kier alpha value is -2.30. The van der Waals surface area contributed by atoms with Gasteiger partial charge in [0.2, 0.25) is 5.13 Å². The first-order valence-corrected chi connectivity index (χ1v) is 6.74. The SMILES string of the molecule is Nc1csc(NN=Cc2cc(C(F)(F)F)ccc2C(F)(F)F)n1. The fraction of sp³-hybridized carbons (Fsp3) is 0.167. The summed E-state index contributed by atoms with van der Waals surface area (Å²) in [4.78, 5) is 3.74. The average Bonchev–Trinajstić information content (AvgIpc) is 2.82. The Morgan fingerprint density at radius 3 is 2.35 bits per heavy atom. The molecule has 0 saturated heterocycles. The quantitative estimate of drug-likeness (QED) is 0.493. The molecule has 0 unspecified atom stereocenters.